The number of aliphatic carboxylic acids is 1. The van der Waals surface area contributed by atoms with Gasteiger partial charge in [0.2, 0.25) is 0 Å². The summed E-state index contributed by atoms with van der Waals surface area (Å²) >= 11 is 0. The fourth-order valence-electron chi connectivity index (χ4n) is 1.72. The van der Waals surface area contributed by atoms with Crippen LogP contribution in [-0.2, 0) is 4.79 Å². The molecule has 2 N–H and O–H groups in total. The number of nitrogens with one attached hydrogen (secondary N) is 1. The van der Waals surface area contributed by atoms with Gasteiger partial charge in [-0.1, -0.05) is 13.8 Å². The van der Waals surface area contributed by atoms with Crippen LogP contribution in [0.25, 0.3) is 0 Å². The van der Waals surface area contributed by atoms with E-state index in [1.54, 1.807) is 7.05 Å². The predicted molar refractivity (Wildman–Crippen MR) is 66.6 cm³/mol. The molecule has 1 atom stereocenters. The first-order valence-corrected chi connectivity index (χ1v) is 6.02. The maximum Gasteiger partial charge on any atom is 0.320 e. The Morgan fingerprint density at radius 1 is 1.31 bits per heavy atom. The maximum absolute atomic E-state index is 10.9. The monoisotopic (exact) mass is 230 g/mol. The van der Waals surface area contributed by atoms with E-state index in [-0.39, 0.29) is 0 Å². The lowest BCUT2D eigenvalue weighted by Crippen LogP contribution is -2.41. The molecule has 0 heterocycles. The van der Waals surface area contributed by atoms with E-state index in [0.717, 1.165) is 13.1 Å². The Bertz CT molecular complexity index is 205. The van der Waals surface area contributed by atoms with E-state index in [2.05, 4.69) is 37.9 Å². The van der Waals surface area contributed by atoms with Crippen LogP contribution in [0.2, 0.25) is 0 Å². The highest BCUT2D eigenvalue weighted by atomic mass is 16.4. The summed E-state index contributed by atoms with van der Waals surface area (Å²) in [6.07, 6.45) is 0.650. The van der Waals surface area contributed by atoms with Crippen molar-refractivity contribution < 1.29 is 9.90 Å². The van der Waals surface area contributed by atoms with Gasteiger partial charge in [0.1, 0.15) is 6.04 Å². The molecule has 0 aromatic carbocycles. The van der Waals surface area contributed by atoms with Crippen molar-refractivity contribution in [1.29, 1.82) is 0 Å². The zero-order chi connectivity index (χ0) is 12.7. The zero-order valence-electron chi connectivity index (χ0n) is 11.2. The molecule has 0 bridgehead atoms. The molecule has 0 amide bonds. The quantitative estimate of drug-likeness (QED) is 0.662. The van der Waals surface area contributed by atoms with Gasteiger partial charge in [-0.05, 0) is 33.2 Å². The van der Waals surface area contributed by atoms with E-state index in [0.29, 0.717) is 18.4 Å². The first kappa shape index (κ1) is 15.4. The molecule has 0 fully saturated rings. The SMILES string of the molecule is CNC(CCN(CC(C)C)C(C)C)C(=O)O. The standard InChI is InChI=1S/C12H26N2O2/c1-9(2)8-14(10(3)4)7-6-11(13-5)12(15)16/h9-11,13H,6-8H2,1-5H3,(H,15,16). The highest BCUT2D eigenvalue weighted by Gasteiger charge is 2.18. The molecule has 0 radical (unpaired) electrons. The van der Waals surface area contributed by atoms with E-state index in [1.165, 1.54) is 0 Å². The van der Waals surface area contributed by atoms with Crippen LogP contribution < -0.4 is 5.32 Å². The second-order valence-electron chi connectivity index (χ2n) is 4.95. The Morgan fingerprint density at radius 2 is 1.88 bits per heavy atom. The van der Waals surface area contributed by atoms with E-state index in [4.69, 9.17) is 5.11 Å². The summed E-state index contributed by atoms with van der Waals surface area (Å²) in [6, 6.07) is 0.0297. The van der Waals surface area contributed by atoms with Crippen LogP contribution in [-0.4, -0.2) is 48.2 Å². The molecular formula is C12H26N2O2. The molecule has 4 nitrogen and oxygen atoms in total. The number of nitrogens with zero attached hydrogens (tertiary/aromatic N) is 1. The first-order chi connectivity index (χ1) is 7.38. The van der Waals surface area contributed by atoms with Crippen LogP contribution in [0.3, 0.4) is 0 Å². The highest BCUT2D eigenvalue weighted by Crippen LogP contribution is 2.06. The van der Waals surface area contributed by atoms with E-state index in [1.807, 2.05) is 0 Å². The number of likely N-dealkylation sites (N-methyl/N-ethyl adjacent to an activating group) is 1. The Balaban J connectivity index is 4.14. The lowest BCUT2D eigenvalue weighted by Gasteiger charge is -2.29. The molecule has 0 aliphatic heterocycles. The predicted octanol–water partition coefficient (Wildman–Crippen LogP) is 1.42. The van der Waals surface area contributed by atoms with Crippen LogP contribution in [0.1, 0.15) is 34.1 Å². The zero-order valence-corrected chi connectivity index (χ0v) is 11.2. The molecule has 0 aliphatic rings. The van der Waals surface area contributed by atoms with Crippen LogP contribution in [0.4, 0.5) is 0 Å². The summed E-state index contributed by atoms with van der Waals surface area (Å²) in [6.45, 7) is 10.5. The summed E-state index contributed by atoms with van der Waals surface area (Å²) in [4.78, 5) is 13.2. The molecule has 0 aliphatic carbocycles. The van der Waals surface area contributed by atoms with Gasteiger partial charge in [-0.2, -0.15) is 0 Å². The molecule has 0 saturated heterocycles. The molecule has 1 unspecified atom stereocenters. The van der Waals surface area contributed by atoms with Crippen molar-refractivity contribution in [2.75, 3.05) is 20.1 Å². The molecule has 0 rings (SSSR count). The molecule has 0 spiro atoms. The Hall–Kier alpha value is -0.610. The van der Waals surface area contributed by atoms with Gasteiger partial charge >= 0.3 is 5.97 Å². The van der Waals surface area contributed by atoms with E-state index >= 15 is 0 Å². The van der Waals surface area contributed by atoms with Crippen LogP contribution in [0.5, 0.6) is 0 Å². The van der Waals surface area contributed by atoms with Crippen LogP contribution in [0.15, 0.2) is 0 Å². The van der Waals surface area contributed by atoms with Crippen molar-refractivity contribution in [2.45, 2.75) is 46.2 Å². The molecule has 0 aromatic rings. The van der Waals surface area contributed by atoms with Crippen molar-refractivity contribution in [3.63, 3.8) is 0 Å². The number of carbonyl (C=O) groups is 1. The second-order valence-corrected chi connectivity index (χ2v) is 4.95. The van der Waals surface area contributed by atoms with Crippen molar-refractivity contribution in [2.24, 2.45) is 5.92 Å². The normalized spacial score (nSPS) is 13.8. The average Bonchev–Trinajstić information content (AvgIpc) is 2.15. The number of hydrogen-bond donors (Lipinski definition) is 2. The van der Waals surface area contributed by atoms with Gasteiger partial charge in [0.15, 0.2) is 0 Å². The van der Waals surface area contributed by atoms with E-state index in [9.17, 15) is 4.79 Å². The summed E-state index contributed by atoms with van der Waals surface area (Å²) in [5.41, 5.74) is 0. The molecule has 96 valence electrons. The average molecular weight is 230 g/mol. The van der Waals surface area contributed by atoms with Crippen LogP contribution >= 0.6 is 0 Å². The lowest BCUT2D eigenvalue weighted by atomic mass is 10.1. The second kappa shape index (κ2) is 7.63. The van der Waals surface area contributed by atoms with Crippen molar-refractivity contribution in [3.8, 4) is 0 Å². The summed E-state index contributed by atoms with van der Waals surface area (Å²) in [5.74, 6) is -0.156. The largest absolute Gasteiger partial charge is 0.480 e. The number of carboxylic acids is 1. The molecule has 4 heteroatoms. The minimum absolute atomic E-state index is 0.437. The van der Waals surface area contributed by atoms with Gasteiger partial charge in [-0.15, -0.1) is 0 Å². The Labute approximate surface area is 99.0 Å². The van der Waals surface area contributed by atoms with Gasteiger partial charge < -0.3 is 15.3 Å². The summed E-state index contributed by atoms with van der Waals surface area (Å²) in [7, 11) is 1.70. The minimum atomic E-state index is -0.768. The highest BCUT2D eigenvalue weighted by molar-refractivity contribution is 5.73. The van der Waals surface area contributed by atoms with Crippen LogP contribution in [0, 0.1) is 5.92 Å². The number of carboxylic acid groups (broad SMARTS) is 1. The third-order valence-corrected chi connectivity index (χ3v) is 2.68. The molecule has 0 saturated carbocycles. The first-order valence-electron chi connectivity index (χ1n) is 6.02. The minimum Gasteiger partial charge on any atom is -0.480 e. The number of hydrogen-bond acceptors (Lipinski definition) is 3. The molecule has 16 heavy (non-hydrogen) atoms. The van der Waals surface area contributed by atoms with Gasteiger partial charge in [0.05, 0.1) is 0 Å². The Kier molecular flexibility index (Phi) is 7.34. The van der Waals surface area contributed by atoms with E-state index < -0.39 is 12.0 Å². The van der Waals surface area contributed by atoms with Gasteiger partial charge in [0.25, 0.3) is 0 Å². The van der Waals surface area contributed by atoms with Crippen molar-refractivity contribution in [1.82, 2.24) is 10.2 Å². The van der Waals surface area contributed by atoms with Gasteiger partial charge in [-0.3, -0.25) is 4.79 Å². The number of rotatable bonds is 8. The van der Waals surface area contributed by atoms with Crippen molar-refractivity contribution >= 4 is 5.97 Å². The lowest BCUT2D eigenvalue weighted by molar-refractivity contribution is -0.139. The summed E-state index contributed by atoms with van der Waals surface area (Å²) < 4.78 is 0. The summed E-state index contributed by atoms with van der Waals surface area (Å²) in [5, 5.41) is 11.7. The van der Waals surface area contributed by atoms with Gasteiger partial charge in [-0.25, -0.2) is 0 Å². The fraction of sp³-hybridized carbons (Fsp3) is 0.917. The fourth-order valence-corrected chi connectivity index (χ4v) is 1.72. The topological polar surface area (TPSA) is 52.6 Å². The van der Waals surface area contributed by atoms with Crippen molar-refractivity contribution in [3.05, 3.63) is 0 Å². The molecular weight excluding hydrogens is 204 g/mol. The Morgan fingerprint density at radius 3 is 2.19 bits per heavy atom. The van der Waals surface area contributed by atoms with Gasteiger partial charge in [0, 0.05) is 19.1 Å². The third kappa shape index (κ3) is 6.08. The smallest absolute Gasteiger partial charge is 0.320 e. The third-order valence-electron chi connectivity index (χ3n) is 2.68. The maximum atomic E-state index is 10.9. The molecule has 0 aromatic heterocycles.